The summed E-state index contributed by atoms with van der Waals surface area (Å²) < 4.78 is 11.0. The third-order valence-electron chi connectivity index (χ3n) is 3.51. The molecule has 0 radical (unpaired) electrons. The molecule has 0 saturated heterocycles. The van der Waals surface area contributed by atoms with Gasteiger partial charge in [0.1, 0.15) is 0 Å². The molecular weight excluding hydrogens is 330 g/mol. The van der Waals surface area contributed by atoms with Crippen molar-refractivity contribution in [3.63, 3.8) is 0 Å². The third kappa shape index (κ3) is 6.72. The standard InChI is InChI=1S/C20H27N3O3/c1-20(2,3)23-19(24)14-26-17-6-5-16(11-18(17)25-4)13-22-12-15-7-9-21-10-8-15/h5-11,22H,12-14H2,1-4H3,(H,23,24). The van der Waals surface area contributed by atoms with Gasteiger partial charge in [-0.05, 0) is 56.2 Å². The minimum Gasteiger partial charge on any atom is -0.493 e. The first kappa shape index (κ1) is 19.7. The van der Waals surface area contributed by atoms with Gasteiger partial charge in [-0.25, -0.2) is 0 Å². The quantitative estimate of drug-likeness (QED) is 0.760. The molecule has 1 heterocycles. The van der Waals surface area contributed by atoms with Gasteiger partial charge >= 0.3 is 0 Å². The van der Waals surface area contributed by atoms with Crippen LogP contribution in [0, 0.1) is 0 Å². The number of pyridine rings is 1. The number of hydrogen-bond donors (Lipinski definition) is 2. The molecule has 1 aromatic carbocycles. The fourth-order valence-electron chi connectivity index (χ4n) is 2.39. The second kappa shape index (κ2) is 9.20. The first-order valence-corrected chi connectivity index (χ1v) is 8.58. The molecule has 1 amide bonds. The number of aromatic nitrogens is 1. The molecule has 0 fully saturated rings. The lowest BCUT2D eigenvalue weighted by Crippen LogP contribution is -2.43. The summed E-state index contributed by atoms with van der Waals surface area (Å²) in [6.45, 7) is 7.20. The van der Waals surface area contributed by atoms with Crippen molar-refractivity contribution in [1.29, 1.82) is 0 Å². The Bertz CT molecular complexity index is 712. The highest BCUT2D eigenvalue weighted by Crippen LogP contribution is 2.28. The molecule has 2 aromatic rings. The van der Waals surface area contributed by atoms with Crippen molar-refractivity contribution < 1.29 is 14.3 Å². The topological polar surface area (TPSA) is 72.5 Å². The fourth-order valence-corrected chi connectivity index (χ4v) is 2.39. The van der Waals surface area contributed by atoms with Crippen LogP contribution in [0.2, 0.25) is 0 Å². The number of carbonyl (C=O) groups is 1. The van der Waals surface area contributed by atoms with Crippen molar-refractivity contribution >= 4 is 5.91 Å². The Hall–Kier alpha value is -2.60. The molecule has 2 N–H and O–H groups in total. The van der Waals surface area contributed by atoms with Crippen LogP contribution in [-0.2, 0) is 17.9 Å². The van der Waals surface area contributed by atoms with E-state index in [1.165, 1.54) is 5.56 Å². The molecule has 6 heteroatoms. The van der Waals surface area contributed by atoms with Gasteiger partial charge in [0.05, 0.1) is 7.11 Å². The lowest BCUT2D eigenvalue weighted by molar-refractivity contribution is -0.124. The van der Waals surface area contributed by atoms with E-state index in [-0.39, 0.29) is 18.1 Å². The van der Waals surface area contributed by atoms with E-state index in [0.29, 0.717) is 18.0 Å². The molecule has 26 heavy (non-hydrogen) atoms. The number of methoxy groups -OCH3 is 1. The summed E-state index contributed by atoms with van der Waals surface area (Å²) in [5, 5.41) is 6.24. The minimum atomic E-state index is -0.283. The van der Waals surface area contributed by atoms with E-state index in [2.05, 4.69) is 15.6 Å². The van der Waals surface area contributed by atoms with Crippen LogP contribution in [0.1, 0.15) is 31.9 Å². The maximum atomic E-state index is 11.9. The van der Waals surface area contributed by atoms with Crippen LogP contribution in [-0.4, -0.2) is 30.1 Å². The highest BCUT2D eigenvalue weighted by Gasteiger charge is 2.15. The number of hydrogen-bond acceptors (Lipinski definition) is 5. The smallest absolute Gasteiger partial charge is 0.258 e. The van der Waals surface area contributed by atoms with Crippen molar-refractivity contribution in [2.24, 2.45) is 0 Å². The number of amides is 1. The van der Waals surface area contributed by atoms with Crippen molar-refractivity contribution in [3.05, 3.63) is 53.9 Å². The predicted octanol–water partition coefficient (Wildman–Crippen LogP) is 2.67. The summed E-state index contributed by atoms with van der Waals surface area (Å²) >= 11 is 0. The predicted molar refractivity (Wildman–Crippen MR) is 101 cm³/mol. The Morgan fingerprint density at radius 2 is 1.73 bits per heavy atom. The zero-order valence-corrected chi connectivity index (χ0v) is 15.8. The Labute approximate surface area is 154 Å². The first-order valence-electron chi connectivity index (χ1n) is 8.58. The van der Waals surface area contributed by atoms with Crippen LogP contribution in [0.4, 0.5) is 0 Å². The first-order chi connectivity index (χ1) is 12.4. The molecule has 140 valence electrons. The van der Waals surface area contributed by atoms with Gasteiger partial charge in [-0.1, -0.05) is 6.07 Å². The molecule has 2 rings (SSSR count). The molecule has 0 saturated carbocycles. The van der Waals surface area contributed by atoms with Crippen LogP contribution in [0.25, 0.3) is 0 Å². The van der Waals surface area contributed by atoms with Gasteiger partial charge in [0.25, 0.3) is 5.91 Å². The molecule has 0 atom stereocenters. The lowest BCUT2D eigenvalue weighted by atomic mass is 10.1. The summed E-state index contributed by atoms with van der Waals surface area (Å²) in [7, 11) is 1.59. The van der Waals surface area contributed by atoms with E-state index in [4.69, 9.17) is 9.47 Å². The van der Waals surface area contributed by atoms with E-state index >= 15 is 0 Å². The van der Waals surface area contributed by atoms with E-state index in [0.717, 1.165) is 12.1 Å². The van der Waals surface area contributed by atoms with E-state index in [9.17, 15) is 4.79 Å². The zero-order valence-electron chi connectivity index (χ0n) is 15.8. The summed E-state index contributed by atoms with van der Waals surface area (Å²) in [5.74, 6) is 0.994. The van der Waals surface area contributed by atoms with Gasteiger partial charge < -0.3 is 20.1 Å². The number of benzene rings is 1. The summed E-state index contributed by atoms with van der Waals surface area (Å²) in [4.78, 5) is 15.9. The van der Waals surface area contributed by atoms with Crippen LogP contribution in [0.15, 0.2) is 42.7 Å². The molecule has 0 aliphatic carbocycles. The SMILES string of the molecule is COc1cc(CNCc2ccncc2)ccc1OCC(=O)NC(C)(C)C. The van der Waals surface area contributed by atoms with E-state index < -0.39 is 0 Å². The molecule has 0 bridgehead atoms. The number of rotatable bonds is 8. The van der Waals surface area contributed by atoms with Crippen molar-refractivity contribution in [1.82, 2.24) is 15.6 Å². The van der Waals surface area contributed by atoms with Gasteiger partial charge in [-0.2, -0.15) is 0 Å². The second-order valence-electron chi connectivity index (χ2n) is 7.03. The summed E-state index contributed by atoms with van der Waals surface area (Å²) in [6.07, 6.45) is 3.56. The monoisotopic (exact) mass is 357 g/mol. The number of carbonyl (C=O) groups excluding carboxylic acids is 1. The maximum Gasteiger partial charge on any atom is 0.258 e. The molecular formula is C20H27N3O3. The number of nitrogens with one attached hydrogen (secondary N) is 2. The van der Waals surface area contributed by atoms with Gasteiger partial charge in [-0.15, -0.1) is 0 Å². The lowest BCUT2D eigenvalue weighted by Gasteiger charge is -2.20. The van der Waals surface area contributed by atoms with Crippen LogP contribution in [0.3, 0.4) is 0 Å². The Morgan fingerprint density at radius 3 is 2.38 bits per heavy atom. The van der Waals surface area contributed by atoms with Crippen LogP contribution in [0.5, 0.6) is 11.5 Å². The normalized spacial score (nSPS) is 11.1. The van der Waals surface area contributed by atoms with E-state index in [1.807, 2.05) is 51.1 Å². The fraction of sp³-hybridized carbons (Fsp3) is 0.400. The summed E-state index contributed by atoms with van der Waals surface area (Å²) in [5.41, 5.74) is 1.97. The Balaban J connectivity index is 1.89. The number of nitrogens with zero attached hydrogens (tertiary/aromatic N) is 1. The Morgan fingerprint density at radius 1 is 1.04 bits per heavy atom. The van der Waals surface area contributed by atoms with Crippen LogP contribution < -0.4 is 20.1 Å². The van der Waals surface area contributed by atoms with Crippen molar-refractivity contribution in [2.45, 2.75) is 39.4 Å². The largest absolute Gasteiger partial charge is 0.493 e. The average molecular weight is 357 g/mol. The van der Waals surface area contributed by atoms with Crippen LogP contribution >= 0.6 is 0 Å². The third-order valence-corrected chi connectivity index (χ3v) is 3.51. The van der Waals surface area contributed by atoms with E-state index in [1.54, 1.807) is 19.5 Å². The van der Waals surface area contributed by atoms with Crippen molar-refractivity contribution in [3.8, 4) is 11.5 Å². The van der Waals surface area contributed by atoms with Gasteiger partial charge in [0.2, 0.25) is 0 Å². The highest BCUT2D eigenvalue weighted by atomic mass is 16.5. The molecule has 0 aliphatic rings. The average Bonchev–Trinajstić information content (AvgIpc) is 2.60. The Kier molecular flexibility index (Phi) is 6.97. The second-order valence-corrected chi connectivity index (χ2v) is 7.03. The van der Waals surface area contributed by atoms with Gasteiger partial charge in [-0.3, -0.25) is 9.78 Å². The summed E-state index contributed by atoms with van der Waals surface area (Å²) in [6, 6.07) is 9.66. The van der Waals surface area contributed by atoms with Crippen molar-refractivity contribution in [2.75, 3.05) is 13.7 Å². The zero-order chi connectivity index (χ0) is 19.0. The molecule has 0 unspecified atom stereocenters. The molecule has 0 spiro atoms. The maximum absolute atomic E-state index is 11.9. The molecule has 0 aliphatic heterocycles. The highest BCUT2D eigenvalue weighted by molar-refractivity contribution is 5.78. The minimum absolute atomic E-state index is 0.0483. The molecule has 1 aromatic heterocycles. The molecule has 6 nitrogen and oxygen atoms in total. The van der Waals surface area contributed by atoms with Gasteiger partial charge in [0, 0.05) is 31.0 Å². The van der Waals surface area contributed by atoms with Gasteiger partial charge in [0.15, 0.2) is 18.1 Å². The number of ether oxygens (including phenoxy) is 2.